The number of hydrogen-bond donors (Lipinski definition) is 1. The summed E-state index contributed by atoms with van der Waals surface area (Å²) in [7, 11) is 0. The average molecular weight is 490 g/mol. The van der Waals surface area contributed by atoms with Gasteiger partial charge in [-0.25, -0.2) is 0 Å². The number of phenols is 1. The molecule has 4 bridgehead atoms. The van der Waals surface area contributed by atoms with Crippen LogP contribution in [0.4, 0.5) is 0 Å². The summed E-state index contributed by atoms with van der Waals surface area (Å²) in [4.78, 5) is 0. The smallest absolute Gasteiger partial charge is 0.123 e. The summed E-state index contributed by atoms with van der Waals surface area (Å²) in [5.41, 5.74) is 4.94. The minimum Gasteiger partial charge on any atom is -0.507 e. The van der Waals surface area contributed by atoms with E-state index in [1.807, 2.05) is 0 Å². The molecule has 4 aliphatic rings. The normalized spacial score (nSPS) is 34.8. The maximum Gasteiger partial charge on any atom is 0.123 e. The topological polar surface area (TPSA) is 20.2 Å². The van der Waals surface area contributed by atoms with E-state index in [9.17, 15) is 5.11 Å². The average Bonchev–Trinajstić information content (AvgIpc) is 2.57. The van der Waals surface area contributed by atoms with E-state index in [2.05, 4.69) is 76.5 Å². The van der Waals surface area contributed by atoms with Gasteiger partial charge in [0.1, 0.15) is 5.75 Å². The zero-order chi connectivity index (χ0) is 22.8. The van der Waals surface area contributed by atoms with E-state index >= 15 is 0 Å². The SMILES string of the molecule is CC(C)CC12CC3CC(CC(C)C)(C1)CC(c1cc(C(C)(C)C)cc(CBr)c1O)(C3)C2. The van der Waals surface area contributed by atoms with Gasteiger partial charge in [0.05, 0.1) is 0 Å². The Balaban J connectivity index is 1.88. The van der Waals surface area contributed by atoms with Crippen molar-refractivity contribution in [3.05, 3.63) is 28.8 Å². The molecule has 0 saturated heterocycles. The summed E-state index contributed by atoms with van der Waals surface area (Å²) >= 11 is 3.68. The Morgan fingerprint density at radius 1 is 0.935 bits per heavy atom. The Labute approximate surface area is 199 Å². The van der Waals surface area contributed by atoms with Gasteiger partial charge < -0.3 is 5.11 Å². The molecule has 2 heteroatoms. The Kier molecular flexibility index (Phi) is 5.93. The molecule has 4 aliphatic carbocycles. The molecule has 0 amide bonds. The first-order valence-electron chi connectivity index (χ1n) is 12.7. The lowest BCUT2D eigenvalue weighted by Gasteiger charge is -2.68. The summed E-state index contributed by atoms with van der Waals surface area (Å²) in [6.07, 6.45) is 10.9. The summed E-state index contributed by atoms with van der Waals surface area (Å²) < 4.78 is 0. The second kappa shape index (κ2) is 7.78. The van der Waals surface area contributed by atoms with Crippen molar-refractivity contribution in [2.45, 2.75) is 116 Å². The standard InChI is InChI=1S/C29H45BrO/c1-19(2)10-27-12-21-13-28(16-27,11-20(3)4)18-29(14-21,17-27)24-9-23(26(5,6)7)8-22(15-30)25(24)31/h8-9,19-21,31H,10-18H2,1-7H3. The third-order valence-electron chi connectivity index (χ3n) is 8.75. The first kappa shape index (κ1) is 23.7. The van der Waals surface area contributed by atoms with Gasteiger partial charge in [-0.1, -0.05) is 76.5 Å². The van der Waals surface area contributed by atoms with Crippen molar-refractivity contribution < 1.29 is 5.11 Å². The summed E-state index contributed by atoms with van der Waals surface area (Å²) in [6.45, 7) is 16.6. The molecule has 0 spiro atoms. The summed E-state index contributed by atoms with van der Waals surface area (Å²) in [6, 6.07) is 4.66. The molecule has 5 rings (SSSR count). The van der Waals surface area contributed by atoms with E-state index in [-0.39, 0.29) is 10.8 Å². The third kappa shape index (κ3) is 4.24. The summed E-state index contributed by atoms with van der Waals surface area (Å²) in [5.74, 6) is 2.92. The van der Waals surface area contributed by atoms with Crippen molar-refractivity contribution in [3.63, 3.8) is 0 Å². The van der Waals surface area contributed by atoms with Crippen LogP contribution < -0.4 is 0 Å². The molecule has 0 aliphatic heterocycles. The largest absolute Gasteiger partial charge is 0.507 e. The first-order chi connectivity index (χ1) is 14.3. The fourth-order valence-electron chi connectivity index (χ4n) is 8.97. The van der Waals surface area contributed by atoms with Crippen molar-refractivity contribution in [3.8, 4) is 5.75 Å². The van der Waals surface area contributed by atoms with E-state index in [0.717, 1.165) is 28.6 Å². The van der Waals surface area contributed by atoms with E-state index in [0.29, 0.717) is 16.6 Å². The number of rotatable bonds is 6. The molecule has 4 saturated carbocycles. The van der Waals surface area contributed by atoms with Crippen LogP contribution in [0.3, 0.4) is 0 Å². The fraction of sp³-hybridized carbons (Fsp3) is 0.793. The molecular formula is C29H45BrO. The van der Waals surface area contributed by atoms with Gasteiger partial charge in [0, 0.05) is 21.9 Å². The van der Waals surface area contributed by atoms with E-state index < -0.39 is 0 Å². The highest BCUT2D eigenvalue weighted by atomic mass is 79.9. The minimum absolute atomic E-state index is 0.0902. The molecule has 4 fully saturated rings. The maximum atomic E-state index is 11.5. The lowest BCUT2D eigenvalue weighted by molar-refractivity contribution is -0.141. The molecule has 174 valence electrons. The van der Waals surface area contributed by atoms with Crippen LogP contribution in [0.1, 0.15) is 117 Å². The lowest BCUT2D eigenvalue weighted by Crippen LogP contribution is -2.59. The van der Waals surface area contributed by atoms with E-state index in [1.165, 1.54) is 62.5 Å². The monoisotopic (exact) mass is 488 g/mol. The van der Waals surface area contributed by atoms with Gasteiger partial charge in [-0.05, 0) is 90.9 Å². The second-order valence-corrected chi connectivity index (χ2v) is 14.5. The van der Waals surface area contributed by atoms with Crippen molar-refractivity contribution in [1.29, 1.82) is 0 Å². The highest BCUT2D eigenvalue weighted by Crippen LogP contribution is 2.73. The predicted octanol–water partition coefficient (Wildman–Crippen LogP) is 8.89. The second-order valence-electron chi connectivity index (χ2n) is 13.9. The van der Waals surface area contributed by atoms with Gasteiger partial charge in [0.15, 0.2) is 0 Å². The van der Waals surface area contributed by atoms with Crippen LogP contribution in [-0.2, 0) is 16.2 Å². The molecule has 1 aromatic rings. The molecule has 1 aromatic carbocycles. The Morgan fingerprint density at radius 3 is 1.94 bits per heavy atom. The molecule has 0 heterocycles. The van der Waals surface area contributed by atoms with Crippen molar-refractivity contribution in [2.75, 3.05) is 0 Å². The molecule has 2 unspecified atom stereocenters. The molecule has 1 N–H and O–H groups in total. The molecule has 1 nitrogen and oxygen atoms in total. The first-order valence-corrected chi connectivity index (χ1v) is 13.9. The van der Waals surface area contributed by atoms with Gasteiger partial charge in [0.2, 0.25) is 0 Å². The highest BCUT2D eigenvalue weighted by molar-refractivity contribution is 9.08. The Bertz CT molecular complexity index is 796. The Hall–Kier alpha value is -0.500. The Morgan fingerprint density at radius 2 is 1.48 bits per heavy atom. The van der Waals surface area contributed by atoms with Gasteiger partial charge in [0.25, 0.3) is 0 Å². The van der Waals surface area contributed by atoms with Crippen molar-refractivity contribution in [2.24, 2.45) is 28.6 Å². The van der Waals surface area contributed by atoms with Crippen LogP contribution >= 0.6 is 15.9 Å². The number of aromatic hydroxyl groups is 1. The van der Waals surface area contributed by atoms with Crippen LogP contribution in [0.2, 0.25) is 0 Å². The lowest BCUT2D eigenvalue weighted by atomic mass is 9.36. The number of hydrogen-bond acceptors (Lipinski definition) is 1. The van der Waals surface area contributed by atoms with Gasteiger partial charge >= 0.3 is 0 Å². The number of alkyl halides is 1. The van der Waals surface area contributed by atoms with E-state index in [4.69, 9.17) is 0 Å². The number of halogens is 1. The number of phenolic OH excluding ortho intramolecular Hbond substituents is 1. The molecule has 2 atom stereocenters. The van der Waals surface area contributed by atoms with Crippen molar-refractivity contribution >= 4 is 15.9 Å². The van der Waals surface area contributed by atoms with Gasteiger partial charge in [-0.3, -0.25) is 0 Å². The fourth-order valence-corrected chi connectivity index (χ4v) is 9.39. The van der Waals surface area contributed by atoms with Gasteiger partial charge in [-0.2, -0.15) is 0 Å². The van der Waals surface area contributed by atoms with Crippen LogP contribution in [0.15, 0.2) is 12.1 Å². The molecule has 0 radical (unpaired) electrons. The zero-order valence-electron chi connectivity index (χ0n) is 21.1. The van der Waals surface area contributed by atoms with Crippen LogP contribution in [0.5, 0.6) is 5.75 Å². The maximum absolute atomic E-state index is 11.5. The van der Waals surface area contributed by atoms with Crippen LogP contribution in [-0.4, -0.2) is 5.11 Å². The summed E-state index contributed by atoms with van der Waals surface area (Å²) in [5, 5.41) is 12.3. The molecule has 31 heavy (non-hydrogen) atoms. The molecular weight excluding hydrogens is 444 g/mol. The minimum atomic E-state index is 0.0902. The predicted molar refractivity (Wildman–Crippen MR) is 136 cm³/mol. The third-order valence-corrected chi connectivity index (χ3v) is 9.36. The quantitative estimate of drug-likeness (QED) is 0.396. The zero-order valence-corrected chi connectivity index (χ0v) is 22.7. The van der Waals surface area contributed by atoms with E-state index in [1.54, 1.807) is 0 Å². The molecule has 0 aromatic heterocycles. The highest BCUT2D eigenvalue weighted by Gasteiger charge is 2.63. The van der Waals surface area contributed by atoms with Crippen LogP contribution in [0.25, 0.3) is 0 Å². The van der Waals surface area contributed by atoms with Crippen LogP contribution in [0, 0.1) is 28.6 Å². The number of benzene rings is 1. The van der Waals surface area contributed by atoms with Gasteiger partial charge in [-0.15, -0.1) is 0 Å². The van der Waals surface area contributed by atoms with Crippen molar-refractivity contribution in [1.82, 2.24) is 0 Å².